The third-order valence-electron chi connectivity index (χ3n) is 3.40. The normalized spacial score (nSPS) is 12.0. The highest BCUT2D eigenvalue weighted by molar-refractivity contribution is 5.92. The maximum atomic E-state index is 11.9. The van der Waals surface area contributed by atoms with Gasteiger partial charge in [-0.15, -0.1) is 0 Å². The Morgan fingerprint density at radius 2 is 2.19 bits per heavy atom. The second kappa shape index (κ2) is 9.11. The van der Waals surface area contributed by atoms with Gasteiger partial charge in [0.2, 0.25) is 5.91 Å². The van der Waals surface area contributed by atoms with Crippen molar-refractivity contribution in [3.8, 4) is 6.07 Å². The standard InChI is InChI=1S/C16H23N3O2/c1-13(12-21-3)19(2)10-6-9-16(20)18-15-8-5-4-7-14(15)11-17/h4-5,7-8,13H,6,9-10,12H2,1-3H3,(H,18,20). The van der Waals surface area contributed by atoms with Crippen molar-refractivity contribution in [3.63, 3.8) is 0 Å². The smallest absolute Gasteiger partial charge is 0.224 e. The first kappa shape index (κ1) is 17.2. The van der Waals surface area contributed by atoms with E-state index in [0.717, 1.165) is 13.0 Å². The van der Waals surface area contributed by atoms with Gasteiger partial charge in [0.15, 0.2) is 0 Å². The van der Waals surface area contributed by atoms with Gasteiger partial charge >= 0.3 is 0 Å². The number of ether oxygens (including phenoxy) is 1. The Hall–Kier alpha value is -1.90. The zero-order valence-corrected chi connectivity index (χ0v) is 12.9. The Labute approximate surface area is 126 Å². The zero-order chi connectivity index (χ0) is 15.7. The largest absolute Gasteiger partial charge is 0.383 e. The van der Waals surface area contributed by atoms with Gasteiger partial charge in [0, 0.05) is 19.6 Å². The van der Waals surface area contributed by atoms with Gasteiger partial charge in [-0.1, -0.05) is 12.1 Å². The molecule has 5 heteroatoms. The number of amides is 1. The molecule has 1 aromatic rings. The topological polar surface area (TPSA) is 65.4 Å². The van der Waals surface area contributed by atoms with Gasteiger partial charge < -0.3 is 15.0 Å². The van der Waals surface area contributed by atoms with E-state index in [1.807, 2.05) is 7.05 Å². The molecule has 0 fully saturated rings. The lowest BCUT2D eigenvalue weighted by molar-refractivity contribution is -0.116. The van der Waals surface area contributed by atoms with Crippen LogP contribution in [0.25, 0.3) is 0 Å². The minimum absolute atomic E-state index is 0.0644. The number of hydrogen-bond acceptors (Lipinski definition) is 4. The number of para-hydroxylation sites is 1. The summed E-state index contributed by atoms with van der Waals surface area (Å²) < 4.78 is 5.11. The van der Waals surface area contributed by atoms with E-state index in [1.165, 1.54) is 0 Å². The van der Waals surface area contributed by atoms with Crippen molar-refractivity contribution in [1.82, 2.24) is 4.90 Å². The molecule has 1 atom stereocenters. The van der Waals surface area contributed by atoms with Gasteiger partial charge in [-0.2, -0.15) is 5.26 Å². The maximum absolute atomic E-state index is 11.9. The molecule has 1 amide bonds. The molecular formula is C16H23N3O2. The molecule has 114 valence electrons. The molecule has 1 rings (SSSR count). The summed E-state index contributed by atoms with van der Waals surface area (Å²) in [5.74, 6) is -0.0644. The predicted octanol–water partition coefficient (Wildman–Crippen LogP) is 2.24. The quantitative estimate of drug-likeness (QED) is 0.797. The lowest BCUT2D eigenvalue weighted by Crippen LogP contribution is -2.33. The van der Waals surface area contributed by atoms with Gasteiger partial charge in [0.25, 0.3) is 0 Å². The number of hydrogen-bond donors (Lipinski definition) is 1. The van der Waals surface area contributed by atoms with E-state index in [9.17, 15) is 4.79 Å². The number of nitrogens with one attached hydrogen (secondary N) is 1. The molecule has 0 saturated carbocycles. The van der Waals surface area contributed by atoms with Crippen LogP contribution < -0.4 is 5.32 Å². The van der Waals surface area contributed by atoms with E-state index in [-0.39, 0.29) is 5.91 Å². The molecule has 0 aliphatic heterocycles. The van der Waals surface area contributed by atoms with Crippen molar-refractivity contribution in [2.45, 2.75) is 25.8 Å². The Bertz CT molecular complexity index is 497. The monoisotopic (exact) mass is 289 g/mol. The SMILES string of the molecule is COCC(C)N(C)CCCC(=O)Nc1ccccc1C#N. The molecule has 0 heterocycles. The molecule has 1 aromatic carbocycles. The third-order valence-corrected chi connectivity index (χ3v) is 3.40. The van der Waals surface area contributed by atoms with Crippen molar-refractivity contribution in [1.29, 1.82) is 5.26 Å². The first-order valence-electron chi connectivity index (χ1n) is 7.06. The van der Waals surface area contributed by atoms with Crippen molar-refractivity contribution >= 4 is 11.6 Å². The number of methoxy groups -OCH3 is 1. The fourth-order valence-electron chi connectivity index (χ4n) is 1.98. The highest BCUT2D eigenvalue weighted by Gasteiger charge is 2.10. The van der Waals surface area contributed by atoms with Gasteiger partial charge in [-0.25, -0.2) is 0 Å². The first-order chi connectivity index (χ1) is 10.1. The van der Waals surface area contributed by atoms with Crippen LogP contribution in [-0.2, 0) is 9.53 Å². The minimum atomic E-state index is -0.0644. The van der Waals surface area contributed by atoms with Gasteiger partial charge in [-0.05, 0) is 39.1 Å². The second-order valence-corrected chi connectivity index (χ2v) is 5.09. The highest BCUT2D eigenvalue weighted by Crippen LogP contribution is 2.14. The number of carbonyl (C=O) groups is 1. The van der Waals surface area contributed by atoms with E-state index < -0.39 is 0 Å². The van der Waals surface area contributed by atoms with Crippen LogP contribution in [0.15, 0.2) is 24.3 Å². The van der Waals surface area contributed by atoms with Gasteiger partial charge in [-0.3, -0.25) is 4.79 Å². The average molecular weight is 289 g/mol. The van der Waals surface area contributed by atoms with Crippen molar-refractivity contribution < 1.29 is 9.53 Å². The highest BCUT2D eigenvalue weighted by atomic mass is 16.5. The van der Waals surface area contributed by atoms with Crippen LogP contribution in [0.5, 0.6) is 0 Å². The lowest BCUT2D eigenvalue weighted by atomic mass is 10.2. The van der Waals surface area contributed by atoms with Gasteiger partial charge in [0.05, 0.1) is 17.9 Å². The van der Waals surface area contributed by atoms with Crippen LogP contribution in [0, 0.1) is 11.3 Å². The van der Waals surface area contributed by atoms with Gasteiger partial charge in [0.1, 0.15) is 6.07 Å². The Morgan fingerprint density at radius 3 is 2.86 bits per heavy atom. The van der Waals surface area contributed by atoms with E-state index >= 15 is 0 Å². The number of rotatable bonds is 8. The summed E-state index contributed by atoms with van der Waals surface area (Å²) in [5, 5.41) is 11.8. The fraction of sp³-hybridized carbons (Fsp3) is 0.500. The number of anilines is 1. The molecule has 0 spiro atoms. The molecule has 5 nitrogen and oxygen atoms in total. The van der Waals surface area contributed by atoms with Crippen LogP contribution >= 0.6 is 0 Å². The summed E-state index contributed by atoms with van der Waals surface area (Å²) in [5.41, 5.74) is 1.06. The van der Waals surface area contributed by atoms with Crippen LogP contribution in [0.3, 0.4) is 0 Å². The van der Waals surface area contributed by atoms with Crippen molar-refractivity contribution in [3.05, 3.63) is 29.8 Å². The van der Waals surface area contributed by atoms with Crippen molar-refractivity contribution in [2.75, 3.05) is 32.6 Å². The second-order valence-electron chi connectivity index (χ2n) is 5.09. The number of nitrogens with zero attached hydrogens (tertiary/aromatic N) is 2. The third kappa shape index (κ3) is 5.94. The summed E-state index contributed by atoms with van der Waals surface area (Å²) in [4.78, 5) is 14.1. The number of nitriles is 1. The molecule has 0 aromatic heterocycles. The molecule has 0 bridgehead atoms. The molecule has 0 aliphatic rings. The molecule has 0 aliphatic carbocycles. The number of carbonyl (C=O) groups excluding carboxylic acids is 1. The lowest BCUT2D eigenvalue weighted by Gasteiger charge is -2.23. The van der Waals surface area contributed by atoms with Crippen LogP contribution in [-0.4, -0.2) is 44.2 Å². The molecular weight excluding hydrogens is 266 g/mol. The Kier molecular flexibility index (Phi) is 7.44. The fourth-order valence-corrected chi connectivity index (χ4v) is 1.98. The predicted molar refractivity (Wildman–Crippen MR) is 83.0 cm³/mol. The summed E-state index contributed by atoms with van der Waals surface area (Å²) >= 11 is 0. The first-order valence-corrected chi connectivity index (χ1v) is 7.06. The molecule has 0 radical (unpaired) electrons. The average Bonchev–Trinajstić information content (AvgIpc) is 2.47. The summed E-state index contributed by atoms with van der Waals surface area (Å²) in [7, 11) is 3.71. The van der Waals surface area contributed by atoms with E-state index in [1.54, 1.807) is 31.4 Å². The summed E-state index contributed by atoms with van der Waals surface area (Å²) in [6, 6.07) is 9.41. The van der Waals surface area contributed by atoms with E-state index in [0.29, 0.717) is 30.3 Å². The van der Waals surface area contributed by atoms with Crippen molar-refractivity contribution in [2.24, 2.45) is 0 Å². The Morgan fingerprint density at radius 1 is 1.48 bits per heavy atom. The summed E-state index contributed by atoms with van der Waals surface area (Å²) in [6.45, 7) is 3.60. The molecule has 1 N–H and O–H groups in total. The summed E-state index contributed by atoms with van der Waals surface area (Å²) in [6.07, 6.45) is 1.20. The number of likely N-dealkylation sites (N-methyl/N-ethyl adjacent to an activating group) is 1. The maximum Gasteiger partial charge on any atom is 0.224 e. The zero-order valence-electron chi connectivity index (χ0n) is 12.9. The molecule has 0 saturated heterocycles. The molecule has 1 unspecified atom stereocenters. The number of benzene rings is 1. The van der Waals surface area contributed by atoms with E-state index in [4.69, 9.17) is 10.00 Å². The van der Waals surface area contributed by atoms with Crippen LogP contribution in [0.1, 0.15) is 25.3 Å². The molecule has 21 heavy (non-hydrogen) atoms. The van der Waals surface area contributed by atoms with E-state index in [2.05, 4.69) is 23.2 Å². The minimum Gasteiger partial charge on any atom is -0.383 e. The van der Waals surface area contributed by atoms with Crippen LogP contribution in [0.4, 0.5) is 5.69 Å². The van der Waals surface area contributed by atoms with Crippen LogP contribution in [0.2, 0.25) is 0 Å². The Balaban J connectivity index is 2.36.